The molecule has 1 aliphatic heterocycles. The van der Waals surface area contributed by atoms with E-state index in [9.17, 15) is 13.6 Å². The first-order valence-corrected chi connectivity index (χ1v) is 6.47. The van der Waals surface area contributed by atoms with Crippen molar-refractivity contribution >= 4 is 17.4 Å². The Morgan fingerprint density at radius 2 is 1.81 bits per heavy atom. The normalized spacial score (nSPS) is 12.9. The zero-order valence-electron chi connectivity index (χ0n) is 11.0. The van der Waals surface area contributed by atoms with Gasteiger partial charge in [-0.1, -0.05) is 6.07 Å². The summed E-state index contributed by atoms with van der Waals surface area (Å²) in [6, 6.07) is 7.82. The molecule has 6 heteroatoms. The first-order valence-electron chi connectivity index (χ1n) is 6.47. The van der Waals surface area contributed by atoms with Crippen LogP contribution in [0.15, 0.2) is 36.4 Å². The lowest BCUT2D eigenvalue weighted by Gasteiger charge is -2.09. The van der Waals surface area contributed by atoms with Gasteiger partial charge in [-0.05, 0) is 35.4 Å². The number of benzene rings is 2. The van der Waals surface area contributed by atoms with E-state index < -0.39 is 17.7 Å². The third kappa shape index (κ3) is 3.00. The molecule has 0 aromatic heterocycles. The molecule has 0 spiro atoms. The van der Waals surface area contributed by atoms with Crippen LogP contribution in [-0.2, 0) is 13.1 Å². The molecule has 4 nitrogen and oxygen atoms in total. The molecule has 0 aliphatic carbocycles. The lowest BCUT2D eigenvalue weighted by molar-refractivity contribution is 0.262. The number of halogens is 2. The first kappa shape index (κ1) is 13.5. The molecule has 3 N–H and O–H groups in total. The highest BCUT2D eigenvalue weighted by molar-refractivity contribution is 5.99. The number of rotatable bonds is 2. The Balaban J connectivity index is 1.70. The topological polar surface area (TPSA) is 53.2 Å². The van der Waals surface area contributed by atoms with Crippen molar-refractivity contribution in [2.75, 3.05) is 10.6 Å². The standard InChI is InChI=1S/C15H13F2N3O/c16-11-2-4-13(17)14(6-11)20-15(21)19-12-3-1-9-7-18-8-10(9)5-12/h1-6,18H,7-8H2,(H2,19,20,21). The van der Waals surface area contributed by atoms with Crippen LogP contribution in [0.2, 0.25) is 0 Å². The summed E-state index contributed by atoms with van der Waals surface area (Å²) in [5, 5.41) is 8.09. The van der Waals surface area contributed by atoms with Crippen molar-refractivity contribution in [3.63, 3.8) is 0 Å². The van der Waals surface area contributed by atoms with Gasteiger partial charge in [-0.2, -0.15) is 0 Å². The maximum absolute atomic E-state index is 13.4. The van der Waals surface area contributed by atoms with E-state index in [1.165, 1.54) is 5.56 Å². The molecule has 0 atom stereocenters. The summed E-state index contributed by atoms with van der Waals surface area (Å²) < 4.78 is 26.5. The Morgan fingerprint density at radius 1 is 1.00 bits per heavy atom. The number of nitrogens with one attached hydrogen (secondary N) is 3. The van der Waals surface area contributed by atoms with E-state index in [1.807, 2.05) is 12.1 Å². The second kappa shape index (κ2) is 5.49. The molecule has 108 valence electrons. The van der Waals surface area contributed by atoms with Gasteiger partial charge in [0.2, 0.25) is 0 Å². The Bertz CT molecular complexity index is 703. The molecule has 2 aromatic rings. The van der Waals surface area contributed by atoms with Crippen LogP contribution < -0.4 is 16.0 Å². The maximum Gasteiger partial charge on any atom is 0.323 e. The predicted octanol–water partition coefficient (Wildman–Crippen LogP) is 3.21. The quantitative estimate of drug-likeness (QED) is 0.795. The van der Waals surface area contributed by atoms with E-state index in [0.717, 1.165) is 36.9 Å². The van der Waals surface area contributed by atoms with Gasteiger partial charge in [0.25, 0.3) is 0 Å². The van der Waals surface area contributed by atoms with Crippen molar-refractivity contribution in [3.05, 3.63) is 59.2 Å². The molecule has 0 unspecified atom stereocenters. The van der Waals surface area contributed by atoms with Crippen molar-refractivity contribution in [2.45, 2.75) is 13.1 Å². The third-order valence-corrected chi connectivity index (χ3v) is 3.27. The highest BCUT2D eigenvalue weighted by atomic mass is 19.1. The van der Waals surface area contributed by atoms with E-state index in [1.54, 1.807) is 6.07 Å². The van der Waals surface area contributed by atoms with Crippen molar-refractivity contribution in [1.82, 2.24) is 5.32 Å². The number of fused-ring (bicyclic) bond motifs is 1. The number of anilines is 2. The molecule has 21 heavy (non-hydrogen) atoms. The SMILES string of the molecule is O=C(Nc1ccc2c(c1)CNC2)Nc1cc(F)ccc1F. The molecular formula is C15H13F2N3O. The Morgan fingerprint density at radius 3 is 2.67 bits per heavy atom. The monoisotopic (exact) mass is 289 g/mol. The van der Waals surface area contributed by atoms with Crippen LogP contribution >= 0.6 is 0 Å². The molecule has 1 heterocycles. The van der Waals surface area contributed by atoms with E-state index in [4.69, 9.17) is 0 Å². The van der Waals surface area contributed by atoms with Gasteiger partial charge in [0.1, 0.15) is 11.6 Å². The van der Waals surface area contributed by atoms with Gasteiger partial charge >= 0.3 is 6.03 Å². The second-order valence-corrected chi connectivity index (χ2v) is 4.79. The van der Waals surface area contributed by atoms with Crippen LogP contribution in [0, 0.1) is 11.6 Å². The van der Waals surface area contributed by atoms with Crippen molar-refractivity contribution in [2.24, 2.45) is 0 Å². The van der Waals surface area contributed by atoms with Crippen molar-refractivity contribution in [1.29, 1.82) is 0 Å². The fraction of sp³-hybridized carbons (Fsp3) is 0.133. The Kier molecular flexibility index (Phi) is 3.53. The molecular weight excluding hydrogens is 276 g/mol. The number of amides is 2. The largest absolute Gasteiger partial charge is 0.323 e. The lowest BCUT2D eigenvalue weighted by atomic mass is 10.1. The van der Waals surface area contributed by atoms with E-state index >= 15 is 0 Å². The van der Waals surface area contributed by atoms with Crippen LogP contribution in [0.5, 0.6) is 0 Å². The van der Waals surface area contributed by atoms with Gasteiger partial charge in [0.05, 0.1) is 5.69 Å². The molecule has 0 radical (unpaired) electrons. The molecule has 0 saturated carbocycles. The third-order valence-electron chi connectivity index (χ3n) is 3.27. The Hall–Kier alpha value is -2.47. The molecule has 0 saturated heterocycles. The number of carbonyl (C=O) groups excluding carboxylic acids is 1. The first-order chi connectivity index (χ1) is 10.1. The molecule has 2 aromatic carbocycles. The molecule has 2 amide bonds. The minimum absolute atomic E-state index is 0.199. The highest BCUT2D eigenvalue weighted by Crippen LogP contribution is 2.20. The zero-order chi connectivity index (χ0) is 14.8. The van der Waals surface area contributed by atoms with Crippen molar-refractivity contribution in [3.8, 4) is 0 Å². The number of urea groups is 1. The second-order valence-electron chi connectivity index (χ2n) is 4.79. The van der Waals surface area contributed by atoms with Gasteiger partial charge in [-0.3, -0.25) is 0 Å². The van der Waals surface area contributed by atoms with Crippen LogP contribution in [-0.4, -0.2) is 6.03 Å². The number of hydrogen-bond acceptors (Lipinski definition) is 2. The van der Waals surface area contributed by atoms with Gasteiger partial charge in [-0.15, -0.1) is 0 Å². The maximum atomic E-state index is 13.4. The Labute approximate surface area is 120 Å². The van der Waals surface area contributed by atoms with Crippen LogP contribution in [0.25, 0.3) is 0 Å². The van der Waals surface area contributed by atoms with Gasteiger partial charge in [0, 0.05) is 24.8 Å². The average Bonchev–Trinajstić information content (AvgIpc) is 2.90. The molecule has 3 rings (SSSR count). The molecule has 0 fully saturated rings. The molecule has 1 aliphatic rings. The van der Waals surface area contributed by atoms with Gasteiger partial charge < -0.3 is 16.0 Å². The fourth-order valence-electron chi connectivity index (χ4n) is 2.25. The smallest absolute Gasteiger partial charge is 0.309 e. The average molecular weight is 289 g/mol. The summed E-state index contributed by atoms with van der Waals surface area (Å²) in [7, 11) is 0. The minimum Gasteiger partial charge on any atom is -0.309 e. The summed E-state index contributed by atoms with van der Waals surface area (Å²) >= 11 is 0. The zero-order valence-corrected chi connectivity index (χ0v) is 11.0. The summed E-state index contributed by atoms with van der Waals surface area (Å²) in [5.74, 6) is -1.31. The van der Waals surface area contributed by atoms with Gasteiger partial charge in [-0.25, -0.2) is 13.6 Å². The summed E-state index contributed by atoms with van der Waals surface area (Å²) in [6.07, 6.45) is 0. The highest BCUT2D eigenvalue weighted by Gasteiger charge is 2.12. The van der Waals surface area contributed by atoms with E-state index in [0.29, 0.717) is 5.69 Å². The van der Waals surface area contributed by atoms with E-state index in [-0.39, 0.29) is 5.69 Å². The summed E-state index contributed by atoms with van der Waals surface area (Å²) in [4.78, 5) is 11.8. The number of hydrogen-bond donors (Lipinski definition) is 3. The summed E-state index contributed by atoms with van der Waals surface area (Å²) in [6.45, 7) is 1.57. The number of carbonyl (C=O) groups is 1. The van der Waals surface area contributed by atoms with Crippen molar-refractivity contribution < 1.29 is 13.6 Å². The summed E-state index contributed by atoms with van der Waals surface area (Å²) in [5.41, 5.74) is 2.71. The predicted molar refractivity (Wildman–Crippen MR) is 76.0 cm³/mol. The van der Waals surface area contributed by atoms with Crippen LogP contribution in [0.3, 0.4) is 0 Å². The van der Waals surface area contributed by atoms with E-state index in [2.05, 4.69) is 16.0 Å². The van der Waals surface area contributed by atoms with Gasteiger partial charge in [0.15, 0.2) is 0 Å². The fourth-order valence-corrected chi connectivity index (χ4v) is 2.25. The van der Waals surface area contributed by atoms with Crippen LogP contribution in [0.1, 0.15) is 11.1 Å². The minimum atomic E-state index is -0.690. The molecule has 0 bridgehead atoms. The van der Waals surface area contributed by atoms with Crippen LogP contribution in [0.4, 0.5) is 25.0 Å². The lowest BCUT2D eigenvalue weighted by Crippen LogP contribution is -2.20.